The molecule has 19 heavy (non-hydrogen) atoms. The number of carbonyl (C=O) groups is 2. The van der Waals surface area contributed by atoms with Gasteiger partial charge in [0.25, 0.3) is 0 Å². The van der Waals surface area contributed by atoms with Crippen LogP contribution in [0.3, 0.4) is 0 Å². The van der Waals surface area contributed by atoms with Gasteiger partial charge in [0.05, 0.1) is 0 Å². The van der Waals surface area contributed by atoms with Crippen molar-refractivity contribution in [2.75, 3.05) is 12.8 Å². The van der Waals surface area contributed by atoms with Gasteiger partial charge in [-0.1, -0.05) is 20.8 Å². The summed E-state index contributed by atoms with van der Waals surface area (Å²) in [6, 6.07) is -0.707. The largest absolute Gasteiger partial charge is 0.343 e. The molecule has 4 nitrogen and oxygen atoms in total. The molecule has 1 heterocycles. The summed E-state index contributed by atoms with van der Waals surface area (Å²) >= 11 is 1.72. The first-order chi connectivity index (χ1) is 8.73. The van der Waals surface area contributed by atoms with Gasteiger partial charge in [-0.05, 0) is 32.4 Å². The van der Waals surface area contributed by atoms with Crippen molar-refractivity contribution in [2.45, 2.75) is 57.9 Å². The maximum absolute atomic E-state index is 12.5. The average Bonchev–Trinajstić information content (AvgIpc) is 2.32. The van der Waals surface area contributed by atoms with Gasteiger partial charge in [-0.25, -0.2) is 0 Å². The van der Waals surface area contributed by atoms with E-state index in [1.807, 2.05) is 27.0 Å². The van der Waals surface area contributed by atoms with E-state index in [0.29, 0.717) is 13.0 Å². The fourth-order valence-electron chi connectivity index (χ4n) is 2.39. The Bertz CT molecular complexity index is 355. The van der Waals surface area contributed by atoms with E-state index in [0.717, 1.165) is 0 Å². The van der Waals surface area contributed by atoms with Gasteiger partial charge in [0.1, 0.15) is 12.1 Å². The Morgan fingerprint density at radius 1 is 1.37 bits per heavy atom. The minimum Gasteiger partial charge on any atom is -0.343 e. The molecule has 1 rings (SSSR count). The molecule has 5 heteroatoms. The molecule has 0 bridgehead atoms. The third kappa shape index (κ3) is 3.65. The van der Waals surface area contributed by atoms with Gasteiger partial charge in [-0.15, -0.1) is 0 Å². The molecule has 1 N–H and O–H groups in total. The van der Waals surface area contributed by atoms with Crippen molar-refractivity contribution in [3.63, 3.8) is 0 Å². The number of thioether (sulfide) groups is 1. The summed E-state index contributed by atoms with van der Waals surface area (Å²) < 4.78 is -0.0429. The molecule has 110 valence electrons. The van der Waals surface area contributed by atoms with E-state index in [4.69, 9.17) is 0 Å². The highest BCUT2D eigenvalue weighted by Crippen LogP contribution is 2.27. The topological polar surface area (TPSA) is 49.4 Å². The van der Waals surface area contributed by atoms with Crippen molar-refractivity contribution < 1.29 is 9.59 Å². The molecule has 1 saturated heterocycles. The number of hydrogen-bond acceptors (Lipinski definition) is 3. The number of piperazine rings is 1. The molecule has 0 aromatic heterocycles. The molecule has 0 saturated carbocycles. The number of carbonyl (C=O) groups excluding carboxylic acids is 2. The lowest BCUT2D eigenvalue weighted by Crippen LogP contribution is -2.66. The second kappa shape index (κ2) is 6.16. The van der Waals surface area contributed by atoms with E-state index in [2.05, 4.69) is 19.2 Å². The summed E-state index contributed by atoms with van der Waals surface area (Å²) in [5.41, 5.74) is 0. The second-order valence-electron chi connectivity index (χ2n) is 6.09. The van der Waals surface area contributed by atoms with Crippen LogP contribution in [0.1, 0.15) is 41.0 Å². The molecule has 2 unspecified atom stereocenters. The van der Waals surface area contributed by atoms with Crippen LogP contribution >= 0.6 is 11.8 Å². The molecular weight excluding hydrogens is 260 g/mol. The van der Waals surface area contributed by atoms with Crippen molar-refractivity contribution >= 4 is 23.6 Å². The Labute approximate surface area is 120 Å². The van der Waals surface area contributed by atoms with Gasteiger partial charge in [-0.2, -0.15) is 11.8 Å². The molecular formula is C14H26N2O2S. The second-order valence-corrected chi connectivity index (χ2v) is 7.60. The van der Waals surface area contributed by atoms with Gasteiger partial charge in [0.2, 0.25) is 11.8 Å². The third-order valence-corrected chi connectivity index (χ3v) is 4.88. The first kappa shape index (κ1) is 16.3. The molecule has 0 aromatic rings. The van der Waals surface area contributed by atoms with Crippen molar-refractivity contribution in [2.24, 2.45) is 5.92 Å². The fraction of sp³-hybridized carbons (Fsp3) is 0.857. The Kier molecular flexibility index (Phi) is 5.30. The van der Waals surface area contributed by atoms with Crippen LogP contribution in [0.25, 0.3) is 0 Å². The molecule has 2 atom stereocenters. The van der Waals surface area contributed by atoms with E-state index in [1.165, 1.54) is 0 Å². The van der Waals surface area contributed by atoms with Gasteiger partial charge in [-0.3, -0.25) is 9.59 Å². The highest BCUT2D eigenvalue weighted by molar-refractivity contribution is 7.99. The van der Waals surface area contributed by atoms with Crippen LogP contribution < -0.4 is 5.32 Å². The van der Waals surface area contributed by atoms with Crippen LogP contribution in [0, 0.1) is 5.92 Å². The minimum absolute atomic E-state index is 0.0154. The van der Waals surface area contributed by atoms with Crippen molar-refractivity contribution in [3.8, 4) is 0 Å². The summed E-state index contributed by atoms with van der Waals surface area (Å²) in [6.45, 7) is 10.7. The zero-order valence-corrected chi connectivity index (χ0v) is 13.6. The quantitative estimate of drug-likeness (QED) is 0.839. The lowest BCUT2D eigenvalue weighted by Gasteiger charge is -2.43. The molecule has 0 spiro atoms. The number of nitrogens with zero attached hydrogens (tertiary/aromatic N) is 1. The summed E-state index contributed by atoms with van der Waals surface area (Å²) in [7, 11) is 0. The monoisotopic (exact) mass is 286 g/mol. The summed E-state index contributed by atoms with van der Waals surface area (Å²) in [5, 5.41) is 2.84. The number of rotatable bonds is 5. The molecule has 1 aliphatic heterocycles. The van der Waals surface area contributed by atoms with Gasteiger partial charge >= 0.3 is 0 Å². The van der Waals surface area contributed by atoms with E-state index in [1.54, 1.807) is 16.7 Å². The standard InChI is InChI=1S/C14H26N2O2S/c1-7-10-13(18)16(8-14(4,5)19-6)11(9(2)3)12(17)15-10/h9-11H,7-8H2,1-6H3,(H,15,17). The highest BCUT2D eigenvalue weighted by atomic mass is 32.2. The van der Waals surface area contributed by atoms with Crippen molar-refractivity contribution in [1.82, 2.24) is 10.2 Å². The van der Waals surface area contributed by atoms with Crippen molar-refractivity contribution in [3.05, 3.63) is 0 Å². The summed E-state index contributed by atoms with van der Waals surface area (Å²) in [4.78, 5) is 26.5. The van der Waals surface area contributed by atoms with E-state index < -0.39 is 0 Å². The zero-order chi connectivity index (χ0) is 14.8. The Morgan fingerprint density at radius 2 is 1.95 bits per heavy atom. The van der Waals surface area contributed by atoms with Crippen LogP contribution in [-0.2, 0) is 9.59 Å². The van der Waals surface area contributed by atoms with E-state index >= 15 is 0 Å². The zero-order valence-electron chi connectivity index (χ0n) is 12.8. The molecule has 2 amide bonds. The maximum Gasteiger partial charge on any atom is 0.245 e. The van der Waals surface area contributed by atoms with Gasteiger partial charge in [0.15, 0.2) is 0 Å². The van der Waals surface area contributed by atoms with Crippen LogP contribution in [-0.4, -0.2) is 46.3 Å². The smallest absolute Gasteiger partial charge is 0.245 e. The lowest BCUT2D eigenvalue weighted by atomic mass is 9.95. The number of hydrogen-bond donors (Lipinski definition) is 1. The third-order valence-electron chi connectivity index (χ3n) is 3.65. The Hall–Kier alpha value is -0.710. The normalized spacial score (nSPS) is 24.9. The first-order valence-corrected chi connectivity index (χ1v) is 8.12. The average molecular weight is 286 g/mol. The highest BCUT2D eigenvalue weighted by Gasteiger charge is 2.42. The Morgan fingerprint density at radius 3 is 2.37 bits per heavy atom. The molecule has 0 radical (unpaired) electrons. The SMILES string of the molecule is CCC1NC(=O)C(C(C)C)N(CC(C)(C)SC)C1=O. The van der Waals surface area contributed by atoms with Crippen molar-refractivity contribution in [1.29, 1.82) is 0 Å². The van der Waals surface area contributed by atoms with Gasteiger partial charge < -0.3 is 10.2 Å². The molecule has 1 aliphatic rings. The predicted octanol–water partition coefficient (Wildman–Crippen LogP) is 1.89. The van der Waals surface area contributed by atoms with Crippen LogP contribution in [0.2, 0.25) is 0 Å². The maximum atomic E-state index is 12.5. The fourth-order valence-corrected chi connectivity index (χ4v) is 2.66. The van der Waals surface area contributed by atoms with E-state index in [-0.39, 0.29) is 34.6 Å². The molecule has 1 fully saturated rings. The summed E-state index contributed by atoms with van der Waals surface area (Å²) in [5.74, 6) is 0.167. The van der Waals surface area contributed by atoms with E-state index in [9.17, 15) is 9.59 Å². The minimum atomic E-state index is -0.361. The Balaban J connectivity index is 3.02. The van der Waals surface area contributed by atoms with Crippen LogP contribution in [0.15, 0.2) is 0 Å². The first-order valence-electron chi connectivity index (χ1n) is 6.89. The molecule has 0 aromatic carbocycles. The van der Waals surface area contributed by atoms with Gasteiger partial charge in [0, 0.05) is 11.3 Å². The summed E-state index contributed by atoms with van der Waals surface area (Å²) in [6.07, 6.45) is 2.68. The number of amides is 2. The van der Waals surface area contributed by atoms with Crippen LogP contribution in [0.4, 0.5) is 0 Å². The number of nitrogens with one attached hydrogen (secondary N) is 1. The predicted molar refractivity (Wildman–Crippen MR) is 80.2 cm³/mol. The van der Waals surface area contributed by atoms with Crippen LogP contribution in [0.5, 0.6) is 0 Å². The lowest BCUT2D eigenvalue weighted by molar-refractivity contribution is -0.151. The molecule has 0 aliphatic carbocycles.